The van der Waals surface area contributed by atoms with Gasteiger partial charge in [-0.15, -0.1) is 0 Å². The van der Waals surface area contributed by atoms with Gasteiger partial charge in [0.25, 0.3) is 0 Å². The molecule has 0 saturated carbocycles. The zero-order valence-electron chi connectivity index (χ0n) is 20.0. The molecule has 0 spiro atoms. The van der Waals surface area contributed by atoms with Gasteiger partial charge in [0.15, 0.2) is 6.10 Å². The fourth-order valence-corrected chi connectivity index (χ4v) is 3.64. The summed E-state index contributed by atoms with van der Waals surface area (Å²) in [7, 11) is 1.33. The van der Waals surface area contributed by atoms with Crippen LogP contribution in [0.15, 0.2) is 0 Å². The fraction of sp³-hybridized carbons (Fsp3) is 0.920. The Labute approximate surface area is 185 Å². The normalized spacial score (nSPS) is 13.1. The van der Waals surface area contributed by atoms with Gasteiger partial charge in [-0.2, -0.15) is 0 Å². The monoisotopic (exact) mass is 428 g/mol. The second kappa shape index (κ2) is 21.1. The molecule has 0 aromatic heterocycles. The minimum atomic E-state index is -0.775. The van der Waals surface area contributed by atoms with Crippen LogP contribution in [0.1, 0.15) is 129 Å². The average molecular weight is 429 g/mol. The van der Waals surface area contributed by atoms with Crippen LogP contribution in [-0.2, 0) is 19.1 Å². The number of hydrogen-bond donors (Lipinski definition) is 1. The van der Waals surface area contributed by atoms with Crippen molar-refractivity contribution < 1.29 is 24.2 Å². The Morgan fingerprint density at radius 3 is 1.70 bits per heavy atom. The van der Waals surface area contributed by atoms with E-state index in [0.717, 1.165) is 70.6 Å². The predicted molar refractivity (Wildman–Crippen MR) is 122 cm³/mol. The molecule has 0 amide bonds. The SMILES string of the molecule is CCCCCCCCC(O)CCCCCCCC(OC(=O)CCCCC)C(=O)OC. The Hall–Kier alpha value is -1.10. The third kappa shape index (κ3) is 17.7. The quantitative estimate of drug-likeness (QED) is 0.167. The molecule has 0 radical (unpaired) electrons. The molecule has 2 unspecified atom stereocenters. The van der Waals surface area contributed by atoms with Crippen LogP contribution in [-0.4, -0.2) is 36.4 Å². The third-order valence-corrected chi connectivity index (χ3v) is 5.62. The molecule has 5 nitrogen and oxygen atoms in total. The molecule has 0 aliphatic heterocycles. The maximum atomic E-state index is 11.9. The molecule has 0 rings (SSSR count). The molecule has 0 heterocycles. The van der Waals surface area contributed by atoms with E-state index < -0.39 is 12.1 Å². The van der Waals surface area contributed by atoms with Crippen LogP contribution in [0, 0.1) is 0 Å². The van der Waals surface area contributed by atoms with Gasteiger partial charge in [0, 0.05) is 6.42 Å². The van der Waals surface area contributed by atoms with Gasteiger partial charge in [-0.05, 0) is 32.1 Å². The van der Waals surface area contributed by atoms with Crippen LogP contribution in [0.4, 0.5) is 0 Å². The third-order valence-electron chi connectivity index (χ3n) is 5.62. The number of methoxy groups -OCH3 is 1. The molecule has 0 aromatic carbocycles. The van der Waals surface area contributed by atoms with Crippen molar-refractivity contribution in [3.8, 4) is 0 Å². The van der Waals surface area contributed by atoms with Crippen molar-refractivity contribution in [1.82, 2.24) is 0 Å². The summed E-state index contributed by atoms with van der Waals surface area (Å²) in [5, 5.41) is 10.1. The highest BCUT2D eigenvalue weighted by Gasteiger charge is 2.23. The molecule has 30 heavy (non-hydrogen) atoms. The number of ether oxygens (including phenoxy) is 2. The van der Waals surface area contributed by atoms with Gasteiger partial charge in [-0.25, -0.2) is 4.79 Å². The van der Waals surface area contributed by atoms with Crippen molar-refractivity contribution in [2.24, 2.45) is 0 Å². The Balaban J connectivity index is 3.76. The summed E-state index contributed by atoms with van der Waals surface area (Å²) >= 11 is 0. The van der Waals surface area contributed by atoms with Gasteiger partial charge in [0.2, 0.25) is 0 Å². The zero-order chi connectivity index (χ0) is 22.5. The van der Waals surface area contributed by atoms with Crippen molar-refractivity contribution in [3.63, 3.8) is 0 Å². The number of rotatable bonds is 21. The van der Waals surface area contributed by atoms with E-state index in [1.54, 1.807) is 0 Å². The molecule has 0 bridgehead atoms. The van der Waals surface area contributed by atoms with E-state index in [9.17, 15) is 14.7 Å². The lowest BCUT2D eigenvalue weighted by Gasteiger charge is -2.15. The molecule has 178 valence electrons. The molecule has 0 aromatic rings. The first-order valence-corrected chi connectivity index (χ1v) is 12.5. The maximum Gasteiger partial charge on any atom is 0.347 e. The van der Waals surface area contributed by atoms with E-state index in [2.05, 4.69) is 13.8 Å². The van der Waals surface area contributed by atoms with Crippen LogP contribution >= 0.6 is 0 Å². The number of aliphatic hydroxyl groups excluding tert-OH is 1. The first-order chi connectivity index (χ1) is 14.5. The summed E-state index contributed by atoms with van der Waals surface area (Å²) in [6.45, 7) is 4.31. The lowest BCUT2D eigenvalue weighted by molar-refractivity contribution is -0.166. The fourth-order valence-electron chi connectivity index (χ4n) is 3.64. The average Bonchev–Trinajstić information content (AvgIpc) is 2.74. The Bertz CT molecular complexity index is 410. The second-order valence-electron chi connectivity index (χ2n) is 8.51. The van der Waals surface area contributed by atoms with Crippen molar-refractivity contribution in [3.05, 3.63) is 0 Å². The molecule has 0 aliphatic carbocycles. The van der Waals surface area contributed by atoms with Gasteiger partial charge in [0.1, 0.15) is 0 Å². The van der Waals surface area contributed by atoms with Crippen molar-refractivity contribution in [2.75, 3.05) is 7.11 Å². The van der Waals surface area contributed by atoms with Gasteiger partial charge >= 0.3 is 11.9 Å². The van der Waals surface area contributed by atoms with E-state index in [0.29, 0.717) is 12.8 Å². The highest BCUT2D eigenvalue weighted by molar-refractivity contribution is 5.79. The first kappa shape index (κ1) is 28.9. The number of esters is 2. The molecule has 2 atom stereocenters. The Kier molecular flexibility index (Phi) is 20.4. The summed E-state index contributed by atoms with van der Waals surface area (Å²) < 4.78 is 10.1. The van der Waals surface area contributed by atoms with E-state index in [-0.39, 0.29) is 12.1 Å². The Morgan fingerprint density at radius 2 is 1.17 bits per heavy atom. The summed E-state index contributed by atoms with van der Waals surface area (Å²) in [5.41, 5.74) is 0. The van der Waals surface area contributed by atoms with E-state index in [1.807, 2.05) is 0 Å². The van der Waals surface area contributed by atoms with Crippen LogP contribution in [0.5, 0.6) is 0 Å². The molecule has 0 fully saturated rings. The van der Waals surface area contributed by atoms with Gasteiger partial charge in [-0.3, -0.25) is 4.79 Å². The lowest BCUT2D eigenvalue weighted by atomic mass is 10.0. The lowest BCUT2D eigenvalue weighted by Crippen LogP contribution is -2.28. The minimum absolute atomic E-state index is 0.160. The van der Waals surface area contributed by atoms with Crippen molar-refractivity contribution in [1.29, 1.82) is 0 Å². The smallest absolute Gasteiger partial charge is 0.347 e. The Morgan fingerprint density at radius 1 is 0.700 bits per heavy atom. The topological polar surface area (TPSA) is 72.8 Å². The van der Waals surface area contributed by atoms with Crippen LogP contribution < -0.4 is 0 Å². The molecular weight excluding hydrogens is 380 g/mol. The number of carbonyl (C=O) groups excluding carboxylic acids is 2. The maximum absolute atomic E-state index is 11.9. The van der Waals surface area contributed by atoms with Crippen molar-refractivity contribution >= 4 is 11.9 Å². The van der Waals surface area contributed by atoms with E-state index in [4.69, 9.17) is 9.47 Å². The highest BCUT2D eigenvalue weighted by Crippen LogP contribution is 2.16. The largest absolute Gasteiger partial charge is 0.466 e. The van der Waals surface area contributed by atoms with Gasteiger partial charge in [0.05, 0.1) is 13.2 Å². The summed E-state index contributed by atoms with van der Waals surface area (Å²) in [5.74, 6) is -0.769. The number of aliphatic hydroxyl groups is 1. The van der Waals surface area contributed by atoms with Gasteiger partial charge in [-0.1, -0.05) is 90.9 Å². The molecule has 0 aliphatic rings. The molecular formula is C25H48O5. The predicted octanol–water partition coefficient (Wildman–Crippen LogP) is 6.49. The molecule has 1 N–H and O–H groups in total. The number of carbonyl (C=O) groups is 2. The number of hydrogen-bond acceptors (Lipinski definition) is 5. The molecule has 0 saturated heterocycles. The summed E-state index contributed by atoms with van der Waals surface area (Å²) in [6, 6.07) is 0. The minimum Gasteiger partial charge on any atom is -0.466 e. The van der Waals surface area contributed by atoms with E-state index in [1.165, 1.54) is 39.2 Å². The van der Waals surface area contributed by atoms with Crippen LogP contribution in [0.3, 0.4) is 0 Å². The van der Waals surface area contributed by atoms with Crippen LogP contribution in [0.25, 0.3) is 0 Å². The number of unbranched alkanes of at least 4 members (excludes halogenated alkanes) is 11. The summed E-state index contributed by atoms with van der Waals surface area (Å²) in [6.07, 6.45) is 17.2. The van der Waals surface area contributed by atoms with Crippen molar-refractivity contribution in [2.45, 2.75) is 142 Å². The highest BCUT2D eigenvalue weighted by atomic mass is 16.6. The second-order valence-corrected chi connectivity index (χ2v) is 8.51. The standard InChI is InChI=1S/C25H48O5/c1-4-6-8-9-11-15-18-22(26)19-16-12-10-13-17-20-23(25(28)29-3)30-24(27)21-14-7-5-2/h22-23,26H,4-21H2,1-3H3. The zero-order valence-corrected chi connectivity index (χ0v) is 20.0. The van der Waals surface area contributed by atoms with Gasteiger partial charge < -0.3 is 14.6 Å². The van der Waals surface area contributed by atoms with E-state index >= 15 is 0 Å². The molecule has 5 heteroatoms. The first-order valence-electron chi connectivity index (χ1n) is 12.5. The summed E-state index contributed by atoms with van der Waals surface area (Å²) in [4.78, 5) is 23.7. The van der Waals surface area contributed by atoms with Crippen LogP contribution in [0.2, 0.25) is 0 Å².